The second-order valence-corrected chi connectivity index (χ2v) is 8.78. The molecular formula is C24H31FN6O4S. The molecule has 2 saturated carbocycles. The summed E-state index contributed by atoms with van der Waals surface area (Å²) in [6, 6.07) is -1.38. The number of nitrogens with zero attached hydrogens (tertiary/aromatic N) is 5. The Bertz CT molecular complexity index is 1710. The van der Waals surface area contributed by atoms with Crippen LogP contribution in [0.4, 0.5) is 10.2 Å². The molecule has 0 unspecified atom stereocenters. The summed E-state index contributed by atoms with van der Waals surface area (Å²) in [6.45, 7) is 1.46. The minimum absolute atomic E-state index is 0.0383. The van der Waals surface area contributed by atoms with Crippen molar-refractivity contribution >= 4 is 28.7 Å². The van der Waals surface area contributed by atoms with Crippen molar-refractivity contribution in [1.82, 2.24) is 25.0 Å². The molecule has 1 aromatic carbocycles. The van der Waals surface area contributed by atoms with E-state index < -0.39 is 78.4 Å². The first kappa shape index (κ1) is 15.8. The first-order valence-corrected chi connectivity index (χ1v) is 11.9. The maximum absolute atomic E-state index is 14.4. The lowest BCUT2D eigenvalue weighted by Gasteiger charge is -2.17. The van der Waals surface area contributed by atoms with Gasteiger partial charge in [0.15, 0.2) is 22.1 Å². The topological polar surface area (TPSA) is 138 Å². The van der Waals surface area contributed by atoms with Crippen molar-refractivity contribution in [3.63, 3.8) is 0 Å². The van der Waals surface area contributed by atoms with Crippen LogP contribution in [0.3, 0.4) is 0 Å². The highest BCUT2D eigenvalue weighted by atomic mass is 32.2. The zero-order chi connectivity index (χ0) is 34.5. The quantitative estimate of drug-likeness (QED) is 0.229. The summed E-state index contributed by atoms with van der Waals surface area (Å²) in [5.41, 5.74) is -2.49. The van der Waals surface area contributed by atoms with Gasteiger partial charge < -0.3 is 25.4 Å². The van der Waals surface area contributed by atoms with Gasteiger partial charge in [-0.05, 0) is 37.0 Å². The van der Waals surface area contributed by atoms with Crippen LogP contribution in [0.5, 0.6) is 0 Å². The van der Waals surface area contributed by atoms with Gasteiger partial charge in [-0.1, -0.05) is 36.0 Å². The van der Waals surface area contributed by atoms with Crippen molar-refractivity contribution in [2.24, 2.45) is 0 Å². The molecule has 2 aromatic heterocycles. The van der Waals surface area contributed by atoms with Crippen molar-refractivity contribution in [1.29, 1.82) is 0 Å². The fourth-order valence-corrected chi connectivity index (χ4v) is 4.06. The van der Waals surface area contributed by atoms with Gasteiger partial charge in [0.25, 0.3) is 0 Å². The van der Waals surface area contributed by atoms with Gasteiger partial charge in [-0.25, -0.2) is 19.0 Å². The Morgan fingerprint density at radius 2 is 2.19 bits per heavy atom. The van der Waals surface area contributed by atoms with E-state index >= 15 is 0 Å². The molecular weight excluding hydrogens is 487 g/mol. The molecule has 0 aliphatic heterocycles. The van der Waals surface area contributed by atoms with E-state index in [2.05, 4.69) is 25.6 Å². The monoisotopic (exact) mass is 528 g/mol. The largest absolute Gasteiger partial charge is 0.394 e. The number of halogens is 1. The molecule has 10 nitrogen and oxygen atoms in total. The van der Waals surface area contributed by atoms with Crippen molar-refractivity contribution in [2.75, 3.05) is 24.2 Å². The molecule has 2 aliphatic carbocycles. The van der Waals surface area contributed by atoms with Gasteiger partial charge >= 0.3 is 0 Å². The van der Waals surface area contributed by atoms with Crippen LogP contribution in [0.15, 0.2) is 23.4 Å². The molecule has 0 bridgehead atoms. The minimum Gasteiger partial charge on any atom is -0.394 e. The SMILES string of the molecule is [2H]C([2H])(CC)Sc1nc(N[C@]2([2H])C[C@@]2([2H])c2ccc(C)c(F)c2)c2nnn([C@]3([2H])C([2H])([2H])[C@]([2H])(OCCO)[C@@]([2H])(O)[C@@]3([2H])O)c2n1. The predicted octanol–water partition coefficient (Wildman–Crippen LogP) is 2.18. The van der Waals surface area contributed by atoms with E-state index in [1.54, 1.807) is 6.92 Å². The van der Waals surface area contributed by atoms with Crippen molar-refractivity contribution < 1.29 is 38.2 Å². The second-order valence-electron chi connectivity index (χ2n) is 7.92. The summed E-state index contributed by atoms with van der Waals surface area (Å²) in [6.07, 6.45) is -15.2. The Balaban J connectivity index is 1.69. The lowest BCUT2D eigenvalue weighted by atomic mass is 10.1. The van der Waals surface area contributed by atoms with Gasteiger partial charge in [0, 0.05) is 30.8 Å². The number of hydrogen-bond donors (Lipinski definition) is 4. The Labute approximate surface area is 226 Å². The smallest absolute Gasteiger partial charge is 0.191 e. The number of benzene rings is 1. The van der Waals surface area contributed by atoms with Gasteiger partial charge in [-0.3, -0.25) is 0 Å². The van der Waals surface area contributed by atoms with Crippen LogP contribution in [0.25, 0.3) is 11.2 Å². The van der Waals surface area contributed by atoms with Crippen LogP contribution < -0.4 is 5.32 Å². The van der Waals surface area contributed by atoms with Gasteiger partial charge in [0.05, 0.1) is 32.2 Å². The fourth-order valence-electron chi connectivity index (χ4n) is 3.52. The van der Waals surface area contributed by atoms with Crippen LogP contribution in [0.2, 0.25) is 0 Å². The molecule has 0 radical (unpaired) electrons. The first-order valence-electron chi connectivity index (χ1n) is 16.1. The Kier molecular flexibility index (Phi) is 4.62. The molecule has 4 N–H and O–H groups in total. The number of aryl methyl sites for hydroxylation is 1. The van der Waals surface area contributed by atoms with Crippen molar-refractivity contribution in [2.45, 2.75) is 74.4 Å². The van der Waals surface area contributed by atoms with E-state index in [1.165, 1.54) is 19.1 Å². The molecule has 3 aromatic rings. The highest BCUT2D eigenvalue weighted by Gasteiger charge is 2.45. The Hall–Kier alpha value is -2.38. The third-order valence-electron chi connectivity index (χ3n) is 5.42. The van der Waals surface area contributed by atoms with E-state index in [9.17, 15) is 19.7 Å². The van der Waals surface area contributed by atoms with E-state index in [-0.39, 0.29) is 34.1 Å². The molecule has 194 valence electrons. The lowest BCUT2D eigenvalue weighted by molar-refractivity contribution is -0.0629. The van der Waals surface area contributed by atoms with Gasteiger partial charge in [0.2, 0.25) is 0 Å². The number of aliphatic hydroxyl groups excluding tert-OH is 1. The van der Waals surface area contributed by atoms with E-state index in [4.69, 9.17) is 18.4 Å². The van der Waals surface area contributed by atoms with Crippen LogP contribution in [0.1, 0.15) is 62.9 Å². The number of nitrogens with one attached hydrogen (secondary N) is 1. The maximum atomic E-state index is 14.4. The van der Waals surface area contributed by atoms with E-state index in [0.29, 0.717) is 17.3 Å². The summed E-state index contributed by atoms with van der Waals surface area (Å²) < 4.78 is 106. The first-order chi connectivity index (χ1) is 21.0. The van der Waals surface area contributed by atoms with Gasteiger partial charge in [0.1, 0.15) is 18.0 Å². The molecule has 12 heteroatoms. The Morgan fingerprint density at radius 3 is 2.94 bits per heavy atom. The molecule has 0 amide bonds. The highest BCUT2D eigenvalue weighted by Crippen LogP contribution is 2.44. The maximum Gasteiger partial charge on any atom is 0.191 e. The number of anilines is 1. The number of aromatic nitrogens is 5. The lowest BCUT2D eigenvalue weighted by Crippen LogP contribution is -2.33. The molecule has 0 spiro atoms. The van der Waals surface area contributed by atoms with Crippen LogP contribution in [0, 0.1) is 12.7 Å². The van der Waals surface area contributed by atoms with Crippen LogP contribution >= 0.6 is 11.8 Å². The molecule has 0 saturated heterocycles. The van der Waals surface area contributed by atoms with Crippen molar-refractivity contribution in [3.05, 3.63) is 35.1 Å². The standard InChI is InChI=1S/C24H31FN6O4S/c1-3-8-36-24-27-22(26-16-10-14(16)13-5-4-12(2)15(25)9-13)19-23(28-24)31(30-29-19)17-11-18(35-7-6-32)21(34)20(17)33/h4-5,9,14,16-18,20-21,32-34H,3,6-8,10-11H2,1-2H3,(H,26,27,28)/t14-,16+,17+,18-,20-,21+/m0/s1/i8D2,11D2,14D,16D,17D,18D,20D,21D. The second kappa shape index (κ2) is 10.5. The molecule has 36 heavy (non-hydrogen) atoms. The average molecular weight is 529 g/mol. The number of thioether (sulfide) groups is 1. The number of hydrogen-bond acceptors (Lipinski definition) is 10. The number of fused-ring (bicyclic) bond motifs is 1. The third-order valence-corrected chi connectivity index (χ3v) is 6.21. The highest BCUT2D eigenvalue weighted by molar-refractivity contribution is 7.99. The summed E-state index contributed by atoms with van der Waals surface area (Å²) in [7, 11) is 0. The minimum atomic E-state index is -3.93. The summed E-state index contributed by atoms with van der Waals surface area (Å²) in [5, 5.41) is 41.2. The molecule has 2 aliphatic rings. The molecule has 2 fully saturated rings. The van der Waals surface area contributed by atoms with Crippen LogP contribution in [-0.4, -0.2) is 83.5 Å². The fraction of sp³-hybridized carbons (Fsp3) is 0.583. The Morgan fingerprint density at radius 1 is 1.36 bits per heavy atom. The normalized spacial score (nSPS) is 45.7. The zero-order valence-corrected chi connectivity index (χ0v) is 20.1. The average Bonchev–Trinajstić information content (AvgIpc) is 3.26. The summed E-state index contributed by atoms with van der Waals surface area (Å²) in [4.78, 5) is 8.41. The van der Waals surface area contributed by atoms with Crippen LogP contribution in [-0.2, 0) is 4.74 Å². The van der Waals surface area contributed by atoms with Gasteiger partial charge in [-0.15, -0.1) is 5.10 Å². The van der Waals surface area contributed by atoms with Gasteiger partial charge in [-0.2, -0.15) is 0 Å². The van der Waals surface area contributed by atoms with E-state index in [0.717, 1.165) is 6.07 Å². The molecule has 5 rings (SSSR count). The summed E-state index contributed by atoms with van der Waals surface area (Å²) in [5.74, 6) is -2.62. The zero-order valence-electron chi connectivity index (χ0n) is 29.3. The van der Waals surface area contributed by atoms with Crippen molar-refractivity contribution in [3.8, 4) is 0 Å². The predicted molar refractivity (Wildman–Crippen MR) is 133 cm³/mol. The summed E-state index contributed by atoms with van der Waals surface area (Å²) >= 11 is 0.489. The molecule has 6 atom stereocenters. The van der Waals surface area contributed by atoms with E-state index in [1.807, 2.05) is 0 Å². The number of aliphatic hydroxyl groups is 3. The molecule has 2 heterocycles. The third kappa shape index (κ3) is 4.92. The number of rotatable bonds is 10. The number of ether oxygens (including phenoxy) is 1.